The van der Waals surface area contributed by atoms with Crippen molar-refractivity contribution in [3.05, 3.63) is 0 Å². The fraction of sp³-hybridized carbons (Fsp3) is 1.00. The topological polar surface area (TPSA) is 267 Å². The molecule has 17 heteroatoms. The third-order valence-electron chi connectivity index (χ3n) is 6.75. The van der Waals surface area contributed by atoms with Crippen LogP contribution in [0.4, 0.5) is 0 Å². The lowest BCUT2D eigenvalue weighted by molar-refractivity contribution is -0.362. The Kier molecular flexibility index (Phi) is 9.69. The highest BCUT2D eigenvalue weighted by atomic mass is 16.8. The molecule has 4 saturated heterocycles. The van der Waals surface area contributed by atoms with Crippen molar-refractivity contribution in [2.24, 2.45) is 0 Å². The molecular formula is C20H34O17. The van der Waals surface area contributed by atoms with Crippen LogP contribution in [0.1, 0.15) is 0 Å². The first-order valence-electron chi connectivity index (χ1n) is 11.7. The van der Waals surface area contributed by atoms with Crippen LogP contribution in [0.15, 0.2) is 0 Å². The van der Waals surface area contributed by atoms with E-state index in [1.165, 1.54) is 0 Å². The number of rotatable bonds is 8. The van der Waals surface area contributed by atoms with Gasteiger partial charge in [-0.2, -0.15) is 0 Å². The molecule has 17 nitrogen and oxygen atoms in total. The van der Waals surface area contributed by atoms with E-state index in [2.05, 4.69) is 0 Å². The van der Waals surface area contributed by atoms with E-state index < -0.39 is 118 Å². The molecule has 0 spiro atoms. The molecule has 0 amide bonds. The quantitative estimate of drug-likeness (QED) is 0.135. The lowest BCUT2D eigenvalue weighted by Gasteiger charge is -2.44. The average Bonchev–Trinajstić information content (AvgIpc) is 3.32. The molecule has 4 fully saturated rings. The first-order valence-corrected chi connectivity index (χ1v) is 11.7. The minimum absolute atomic E-state index is 0.386. The molecule has 4 aliphatic rings. The Morgan fingerprint density at radius 1 is 0.541 bits per heavy atom. The van der Waals surface area contributed by atoms with Crippen LogP contribution in [0.2, 0.25) is 0 Å². The summed E-state index contributed by atoms with van der Waals surface area (Å²) >= 11 is 0. The van der Waals surface area contributed by atoms with E-state index in [1.807, 2.05) is 0 Å². The number of hydrogen-bond acceptors (Lipinski definition) is 17. The average molecular weight is 546 g/mol. The van der Waals surface area contributed by atoms with Crippen LogP contribution >= 0.6 is 0 Å². The smallest absolute Gasteiger partial charge is 0.187 e. The fourth-order valence-corrected chi connectivity index (χ4v) is 4.52. The summed E-state index contributed by atoms with van der Waals surface area (Å²) in [5.41, 5.74) is 0. The van der Waals surface area contributed by atoms with Gasteiger partial charge < -0.3 is 84.2 Å². The Bertz CT molecular complexity index is 731. The summed E-state index contributed by atoms with van der Waals surface area (Å²) in [5, 5.41) is 99.9. The van der Waals surface area contributed by atoms with Gasteiger partial charge in [-0.3, -0.25) is 0 Å². The molecule has 4 unspecified atom stereocenters. The maximum Gasteiger partial charge on any atom is 0.187 e. The molecule has 0 aromatic rings. The first kappa shape index (κ1) is 29.3. The van der Waals surface area contributed by atoms with Crippen molar-refractivity contribution in [3.8, 4) is 0 Å². The van der Waals surface area contributed by atoms with Crippen LogP contribution in [-0.2, 0) is 33.2 Å². The molecule has 0 saturated carbocycles. The highest BCUT2D eigenvalue weighted by Gasteiger charge is 2.53. The van der Waals surface area contributed by atoms with Gasteiger partial charge in [0, 0.05) is 0 Å². The fourth-order valence-electron chi connectivity index (χ4n) is 4.52. The summed E-state index contributed by atoms with van der Waals surface area (Å²) < 4.78 is 38.3. The van der Waals surface area contributed by atoms with Gasteiger partial charge in [-0.1, -0.05) is 0 Å². The molecule has 4 rings (SSSR count). The van der Waals surface area contributed by atoms with Gasteiger partial charge in [-0.25, -0.2) is 0 Å². The van der Waals surface area contributed by atoms with Crippen LogP contribution in [0.5, 0.6) is 0 Å². The third kappa shape index (κ3) is 5.93. The zero-order valence-electron chi connectivity index (χ0n) is 19.4. The van der Waals surface area contributed by atoms with Crippen molar-refractivity contribution < 1.29 is 84.2 Å². The predicted octanol–water partition coefficient (Wildman–Crippen LogP) is -7.19. The SMILES string of the molecule is OC[C@@H]1O[C@@H](OC2[C@H](O[C@@H]3CO[C@@H](O)C(O)[C@H]3O)OC[C@@H](O)[C@@H]2O[C@@H]2O[C@@H](CO)[C@@H](O)C2O)C(O)[C@@H]1O. The molecule has 4 heterocycles. The van der Waals surface area contributed by atoms with Gasteiger partial charge >= 0.3 is 0 Å². The summed E-state index contributed by atoms with van der Waals surface area (Å²) in [4.78, 5) is 0. The Labute approximate surface area is 209 Å². The molecule has 10 N–H and O–H groups in total. The van der Waals surface area contributed by atoms with E-state index >= 15 is 0 Å². The monoisotopic (exact) mass is 546 g/mol. The highest BCUT2D eigenvalue weighted by Crippen LogP contribution is 2.33. The van der Waals surface area contributed by atoms with Gasteiger partial charge in [0.15, 0.2) is 25.2 Å². The molecule has 16 atom stereocenters. The summed E-state index contributed by atoms with van der Waals surface area (Å²) in [5.74, 6) is 0. The molecule has 216 valence electrons. The third-order valence-corrected chi connectivity index (χ3v) is 6.75. The minimum Gasteiger partial charge on any atom is -0.394 e. The summed E-state index contributed by atoms with van der Waals surface area (Å²) in [7, 11) is 0. The lowest BCUT2D eigenvalue weighted by atomic mass is 10.0. The van der Waals surface area contributed by atoms with Crippen LogP contribution in [-0.4, -0.2) is 176 Å². The van der Waals surface area contributed by atoms with Gasteiger partial charge in [0.05, 0.1) is 26.4 Å². The van der Waals surface area contributed by atoms with Crippen molar-refractivity contribution in [3.63, 3.8) is 0 Å². The second kappa shape index (κ2) is 12.2. The van der Waals surface area contributed by atoms with E-state index in [1.54, 1.807) is 0 Å². The van der Waals surface area contributed by atoms with Crippen LogP contribution in [0, 0.1) is 0 Å². The van der Waals surface area contributed by atoms with Crippen molar-refractivity contribution in [2.75, 3.05) is 26.4 Å². The zero-order chi connectivity index (χ0) is 27.0. The second-order valence-electron chi connectivity index (χ2n) is 9.26. The van der Waals surface area contributed by atoms with Crippen molar-refractivity contribution in [1.82, 2.24) is 0 Å². The Hall–Kier alpha value is -0.680. The maximum atomic E-state index is 10.6. The van der Waals surface area contributed by atoms with Gasteiger partial charge in [-0.05, 0) is 0 Å². The maximum absolute atomic E-state index is 10.6. The van der Waals surface area contributed by atoms with Crippen molar-refractivity contribution in [2.45, 2.75) is 98.4 Å². The molecule has 0 aromatic heterocycles. The molecule has 4 aliphatic heterocycles. The first-order chi connectivity index (χ1) is 17.6. The Morgan fingerprint density at radius 2 is 1.08 bits per heavy atom. The van der Waals surface area contributed by atoms with Gasteiger partial charge in [0.1, 0.15) is 73.2 Å². The summed E-state index contributed by atoms with van der Waals surface area (Å²) in [6, 6.07) is 0. The number of ether oxygens (including phenoxy) is 7. The molecule has 37 heavy (non-hydrogen) atoms. The number of aliphatic hydroxyl groups excluding tert-OH is 10. The van der Waals surface area contributed by atoms with E-state index in [0.29, 0.717) is 0 Å². The summed E-state index contributed by atoms with van der Waals surface area (Å²) in [6.45, 7) is -2.12. The number of aliphatic hydroxyl groups is 10. The van der Waals surface area contributed by atoms with Crippen molar-refractivity contribution in [1.29, 1.82) is 0 Å². The normalized spacial score (nSPS) is 53.0. The van der Waals surface area contributed by atoms with E-state index in [0.717, 1.165) is 0 Å². The molecule has 0 radical (unpaired) electrons. The van der Waals surface area contributed by atoms with Gasteiger partial charge in [-0.15, -0.1) is 0 Å². The van der Waals surface area contributed by atoms with Gasteiger partial charge in [0.2, 0.25) is 0 Å². The van der Waals surface area contributed by atoms with Crippen LogP contribution in [0.3, 0.4) is 0 Å². The predicted molar refractivity (Wildman–Crippen MR) is 110 cm³/mol. The Morgan fingerprint density at radius 3 is 1.59 bits per heavy atom. The second-order valence-corrected chi connectivity index (χ2v) is 9.26. The lowest BCUT2D eigenvalue weighted by Crippen LogP contribution is -2.62. The van der Waals surface area contributed by atoms with Crippen LogP contribution < -0.4 is 0 Å². The minimum atomic E-state index is -1.72. The summed E-state index contributed by atoms with van der Waals surface area (Å²) in [6.07, 6.45) is -24.2. The molecule has 0 aromatic carbocycles. The largest absolute Gasteiger partial charge is 0.394 e. The molecule has 0 bridgehead atoms. The number of hydrogen-bond donors (Lipinski definition) is 10. The van der Waals surface area contributed by atoms with Crippen molar-refractivity contribution >= 4 is 0 Å². The van der Waals surface area contributed by atoms with E-state index in [4.69, 9.17) is 33.2 Å². The molecular weight excluding hydrogens is 512 g/mol. The highest BCUT2D eigenvalue weighted by molar-refractivity contribution is 4.94. The zero-order valence-corrected chi connectivity index (χ0v) is 19.4. The van der Waals surface area contributed by atoms with Gasteiger partial charge in [0.25, 0.3) is 0 Å². The standard InChI is InChI=1S/C20H34O17/c21-1-6-9(24)13(28)18(33-6)36-15-5(23)3-32-20(35-8-4-31-17(30)12(27)11(8)26)16(15)37-19-14(29)10(25)7(2-22)34-19/h5-30H,1-4H2/t5-,6+,7+,8-,9-,10-,11+,12?,13?,14?,15+,16?,17-,18+,19+,20+/m1/s1. The van der Waals surface area contributed by atoms with E-state index in [-0.39, 0.29) is 6.61 Å². The molecule has 0 aliphatic carbocycles. The van der Waals surface area contributed by atoms with Crippen LogP contribution in [0.25, 0.3) is 0 Å². The van der Waals surface area contributed by atoms with E-state index in [9.17, 15) is 51.1 Å². The Balaban J connectivity index is 1.55.